The van der Waals surface area contributed by atoms with E-state index in [-0.39, 0.29) is 30.9 Å². The molecule has 0 aliphatic heterocycles. The Hall–Kier alpha value is -0.750. The van der Waals surface area contributed by atoms with E-state index in [1.165, 1.54) is 0 Å². The van der Waals surface area contributed by atoms with Gasteiger partial charge in [0.25, 0.3) is 6.43 Å². The zero-order valence-corrected chi connectivity index (χ0v) is 9.87. The average Bonchev–Trinajstić information content (AvgIpc) is 2.22. The number of alkyl halides is 2. The lowest BCUT2D eigenvalue weighted by Crippen LogP contribution is -2.45. The molecular formula is C11H20F2N2O2. The Morgan fingerprint density at radius 2 is 2.12 bits per heavy atom. The van der Waals surface area contributed by atoms with Gasteiger partial charge in [-0.3, -0.25) is 4.79 Å². The first kappa shape index (κ1) is 14.3. The first-order valence-electron chi connectivity index (χ1n) is 5.90. The standard InChI is InChI=1S/C11H20F2N2O2/c12-9(13)7-15(4-5-16)10(17)6-11(8-14)2-1-3-11/h9,16H,1-8,14H2. The van der Waals surface area contributed by atoms with Crippen molar-refractivity contribution < 1.29 is 18.7 Å². The van der Waals surface area contributed by atoms with Crippen molar-refractivity contribution in [1.29, 1.82) is 0 Å². The smallest absolute Gasteiger partial charge is 0.255 e. The van der Waals surface area contributed by atoms with Gasteiger partial charge in [0.2, 0.25) is 5.91 Å². The summed E-state index contributed by atoms with van der Waals surface area (Å²) in [4.78, 5) is 12.9. The minimum atomic E-state index is -2.57. The molecule has 100 valence electrons. The molecule has 0 unspecified atom stereocenters. The molecule has 0 aromatic rings. The van der Waals surface area contributed by atoms with Crippen LogP contribution < -0.4 is 5.73 Å². The summed E-state index contributed by atoms with van der Waals surface area (Å²) in [5.74, 6) is -0.329. The topological polar surface area (TPSA) is 66.6 Å². The first-order valence-corrected chi connectivity index (χ1v) is 5.90. The SMILES string of the molecule is NCC1(CC(=O)N(CCO)CC(F)F)CCC1. The van der Waals surface area contributed by atoms with Gasteiger partial charge in [0.1, 0.15) is 0 Å². The largest absolute Gasteiger partial charge is 0.395 e. The Bertz CT molecular complexity index is 252. The van der Waals surface area contributed by atoms with E-state index in [1.54, 1.807) is 0 Å². The summed E-state index contributed by atoms with van der Waals surface area (Å²) in [6, 6.07) is 0. The highest BCUT2D eigenvalue weighted by molar-refractivity contribution is 5.77. The summed E-state index contributed by atoms with van der Waals surface area (Å²) in [7, 11) is 0. The summed E-state index contributed by atoms with van der Waals surface area (Å²) < 4.78 is 24.6. The summed E-state index contributed by atoms with van der Waals surface area (Å²) in [5, 5.41) is 8.76. The zero-order chi connectivity index (χ0) is 12.9. The van der Waals surface area contributed by atoms with Crippen molar-refractivity contribution in [3.8, 4) is 0 Å². The fourth-order valence-corrected chi connectivity index (χ4v) is 2.17. The van der Waals surface area contributed by atoms with Gasteiger partial charge in [0.05, 0.1) is 13.2 Å². The van der Waals surface area contributed by atoms with Gasteiger partial charge in [-0.25, -0.2) is 8.78 Å². The van der Waals surface area contributed by atoms with Crippen LogP contribution in [0, 0.1) is 5.41 Å². The number of rotatable bonds is 7. The lowest BCUT2D eigenvalue weighted by atomic mass is 9.66. The van der Waals surface area contributed by atoms with Crippen molar-refractivity contribution in [2.45, 2.75) is 32.1 Å². The Morgan fingerprint density at radius 3 is 2.47 bits per heavy atom. The molecule has 1 fully saturated rings. The number of nitrogens with zero attached hydrogens (tertiary/aromatic N) is 1. The third-order valence-corrected chi connectivity index (χ3v) is 3.45. The maximum atomic E-state index is 12.3. The van der Waals surface area contributed by atoms with Crippen LogP contribution in [-0.4, -0.2) is 48.6 Å². The summed E-state index contributed by atoms with van der Waals surface area (Å²) in [6.45, 7) is -0.529. The van der Waals surface area contributed by atoms with E-state index in [4.69, 9.17) is 10.8 Å². The zero-order valence-electron chi connectivity index (χ0n) is 9.87. The molecule has 0 radical (unpaired) electrons. The van der Waals surface area contributed by atoms with Gasteiger partial charge in [-0.05, 0) is 24.8 Å². The van der Waals surface area contributed by atoms with Gasteiger partial charge in [-0.2, -0.15) is 0 Å². The van der Waals surface area contributed by atoms with Crippen LogP contribution in [0.4, 0.5) is 8.78 Å². The molecule has 4 nitrogen and oxygen atoms in total. The number of halogens is 2. The van der Waals surface area contributed by atoms with Crippen LogP contribution >= 0.6 is 0 Å². The molecular weight excluding hydrogens is 230 g/mol. The van der Waals surface area contributed by atoms with Crippen LogP contribution in [0.2, 0.25) is 0 Å². The van der Waals surface area contributed by atoms with Gasteiger partial charge in [-0.15, -0.1) is 0 Å². The lowest BCUT2D eigenvalue weighted by molar-refractivity contribution is -0.137. The van der Waals surface area contributed by atoms with E-state index in [1.807, 2.05) is 0 Å². The number of nitrogens with two attached hydrogens (primary N) is 1. The van der Waals surface area contributed by atoms with Crippen molar-refractivity contribution in [2.75, 3.05) is 26.2 Å². The van der Waals surface area contributed by atoms with Gasteiger partial charge in [0, 0.05) is 13.0 Å². The average molecular weight is 250 g/mol. The van der Waals surface area contributed by atoms with Crippen molar-refractivity contribution >= 4 is 5.91 Å². The highest BCUT2D eigenvalue weighted by atomic mass is 19.3. The molecule has 1 rings (SSSR count). The van der Waals surface area contributed by atoms with Gasteiger partial charge >= 0.3 is 0 Å². The molecule has 0 aromatic carbocycles. The fraction of sp³-hybridized carbons (Fsp3) is 0.909. The molecule has 0 atom stereocenters. The number of carbonyl (C=O) groups excluding carboxylic acids is 1. The number of carbonyl (C=O) groups is 1. The lowest BCUT2D eigenvalue weighted by Gasteiger charge is -2.41. The van der Waals surface area contributed by atoms with Crippen LogP contribution in [0.5, 0.6) is 0 Å². The molecule has 0 spiro atoms. The summed E-state index contributed by atoms with van der Waals surface area (Å²) >= 11 is 0. The number of amides is 1. The molecule has 1 aliphatic carbocycles. The number of hydrogen-bond acceptors (Lipinski definition) is 3. The van der Waals surface area contributed by atoms with E-state index in [9.17, 15) is 13.6 Å². The van der Waals surface area contributed by atoms with E-state index in [0.29, 0.717) is 6.54 Å². The number of aliphatic hydroxyl groups excluding tert-OH is 1. The molecule has 1 saturated carbocycles. The fourth-order valence-electron chi connectivity index (χ4n) is 2.17. The molecule has 17 heavy (non-hydrogen) atoms. The second-order valence-corrected chi connectivity index (χ2v) is 4.69. The van der Waals surface area contributed by atoms with Gasteiger partial charge in [-0.1, -0.05) is 6.42 Å². The Kier molecular flexibility index (Phi) is 5.27. The van der Waals surface area contributed by atoms with Crippen molar-refractivity contribution in [3.63, 3.8) is 0 Å². The van der Waals surface area contributed by atoms with Crippen LogP contribution in [0.1, 0.15) is 25.7 Å². The first-order chi connectivity index (χ1) is 8.03. The van der Waals surface area contributed by atoms with Crippen LogP contribution in [0.25, 0.3) is 0 Å². The molecule has 1 aliphatic rings. The quantitative estimate of drug-likeness (QED) is 0.695. The Labute approximate surface area is 99.8 Å². The Balaban J connectivity index is 2.52. The van der Waals surface area contributed by atoms with Crippen LogP contribution in [0.3, 0.4) is 0 Å². The van der Waals surface area contributed by atoms with Gasteiger partial charge in [0.15, 0.2) is 0 Å². The maximum Gasteiger partial charge on any atom is 0.255 e. The highest BCUT2D eigenvalue weighted by Gasteiger charge is 2.38. The highest BCUT2D eigenvalue weighted by Crippen LogP contribution is 2.43. The number of hydrogen-bond donors (Lipinski definition) is 2. The van der Waals surface area contributed by atoms with Crippen LogP contribution in [-0.2, 0) is 4.79 Å². The normalized spacial score (nSPS) is 17.9. The van der Waals surface area contributed by atoms with E-state index in [0.717, 1.165) is 24.2 Å². The predicted octanol–water partition coefficient (Wildman–Crippen LogP) is 0.591. The number of aliphatic hydroxyl groups is 1. The minimum Gasteiger partial charge on any atom is -0.395 e. The molecule has 0 heterocycles. The van der Waals surface area contributed by atoms with Crippen molar-refractivity contribution in [3.05, 3.63) is 0 Å². The van der Waals surface area contributed by atoms with Crippen molar-refractivity contribution in [2.24, 2.45) is 11.1 Å². The third kappa shape index (κ3) is 3.89. The molecule has 6 heteroatoms. The Morgan fingerprint density at radius 1 is 1.47 bits per heavy atom. The molecule has 1 amide bonds. The van der Waals surface area contributed by atoms with E-state index >= 15 is 0 Å². The van der Waals surface area contributed by atoms with E-state index in [2.05, 4.69) is 0 Å². The molecule has 0 aromatic heterocycles. The molecule has 0 bridgehead atoms. The molecule has 0 saturated heterocycles. The minimum absolute atomic E-state index is 0.0379. The van der Waals surface area contributed by atoms with E-state index < -0.39 is 13.0 Å². The molecule has 3 N–H and O–H groups in total. The summed E-state index contributed by atoms with van der Waals surface area (Å²) in [5.41, 5.74) is 5.44. The van der Waals surface area contributed by atoms with Gasteiger partial charge < -0.3 is 15.7 Å². The third-order valence-electron chi connectivity index (χ3n) is 3.45. The second-order valence-electron chi connectivity index (χ2n) is 4.69. The maximum absolute atomic E-state index is 12.3. The summed E-state index contributed by atoms with van der Waals surface area (Å²) in [6.07, 6.45) is 0.462. The monoisotopic (exact) mass is 250 g/mol. The second kappa shape index (κ2) is 6.26. The van der Waals surface area contributed by atoms with Crippen LogP contribution in [0.15, 0.2) is 0 Å². The van der Waals surface area contributed by atoms with Crippen molar-refractivity contribution in [1.82, 2.24) is 4.90 Å². The predicted molar refractivity (Wildman–Crippen MR) is 59.6 cm³/mol.